The van der Waals surface area contributed by atoms with Crippen molar-refractivity contribution in [2.75, 3.05) is 11.8 Å². The van der Waals surface area contributed by atoms with E-state index in [0.29, 0.717) is 5.56 Å². The lowest BCUT2D eigenvalue weighted by Gasteiger charge is -2.11. The van der Waals surface area contributed by atoms with E-state index in [9.17, 15) is 22.9 Å². The Hall–Kier alpha value is -2.68. The highest BCUT2D eigenvalue weighted by Crippen LogP contribution is 2.26. The fraction of sp³-hybridized carbons (Fsp3) is 0.143. The first-order chi connectivity index (χ1) is 10.7. The number of hydrogen-bond donors (Lipinski definition) is 1. The average Bonchev–Trinajstić information content (AvgIpc) is 2.49. The van der Waals surface area contributed by atoms with Crippen LogP contribution in [0, 0.1) is 22.9 Å². The number of benzene rings is 2. The zero-order valence-electron chi connectivity index (χ0n) is 12.2. The lowest BCUT2D eigenvalue weighted by molar-refractivity contribution is -0.384. The summed E-state index contributed by atoms with van der Waals surface area (Å²) in [5.41, 5.74) is 0.334. The molecule has 0 bridgehead atoms. The number of nitrogens with one attached hydrogen (secondary N) is 1. The fourth-order valence-electron chi connectivity index (χ4n) is 1.84. The second kappa shape index (κ2) is 6.21. The molecule has 0 unspecified atom stereocenters. The smallest absolute Gasteiger partial charge is 0.271 e. The van der Waals surface area contributed by atoms with E-state index in [0.717, 1.165) is 24.3 Å². The molecule has 1 N–H and O–H groups in total. The molecule has 0 atom stereocenters. The van der Waals surface area contributed by atoms with Crippen LogP contribution >= 0.6 is 0 Å². The Balaban J connectivity index is 2.42. The Kier molecular flexibility index (Phi) is 4.50. The Morgan fingerprint density at radius 3 is 2.52 bits per heavy atom. The predicted molar refractivity (Wildman–Crippen MR) is 81.6 cm³/mol. The number of sulfonamides is 1. The van der Waals surface area contributed by atoms with E-state index < -0.39 is 20.8 Å². The van der Waals surface area contributed by atoms with E-state index in [-0.39, 0.29) is 22.0 Å². The van der Waals surface area contributed by atoms with Crippen molar-refractivity contribution in [1.29, 1.82) is 0 Å². The summed E-state index contributed by atoms with van der Waals surface area (Å²) < 4.78 is 45.1. The Labute approximate surface area is 131 Å². The molecule has 0 spiro atoms. The molecule has 0 heterocycles. The summed E-state index contributed by atoms with van der Waals surface area (Å²) in [6.07, 6.45) is 0. The van der Waals surface area contributed by atoms with Crippen LogP contribution in [0.2, 0.25) is 0 Å². The molecule has 2 aromatic rings. The topological polar surface area (TPSA) is 98.5 Å². The number of nitro groups is 1. The second-order valence-corrected chi connectivity index (χ2v) is 6.34. The maximum Gasteiger partial charge on any atom is 0.271 e. The van der Waals surface area contributed by atoms with Crippen LogP contribution in [0.15, 0.2) is 41.3 Å². The highest BCUT2D eigenvalue weighted by molar-refractivity contribution is 7.92. The highest BCUT2D eigenvalue weighted by atomic mass is 32.2. The summed E-state index contributed by atoms with van der Waals surface area (Å²) >= 11 is 0. The van der Waals surface area contributed by atoms with Crippen LogP contribution in [0.4, 0.5) is 15.8 Å². The normalized spacial score (nSPS) is 11.1. The van der Waals surface area contributed by atoms with Gasteiger partial charge in [0.2, 0.25) is 0 Å². The van der Waals surface area contributed by atoms with Crippen molar-refractivity contribution >= 4 is 21.4 Å². The van der Waals surface area contributed by atoms with Crippen molar-refractivity contribution < 1.29 is 22.5 Å². The van der Waals surface area contributed by atoms with Gasteiger partial charge in [-0.25, -0.2) is 12.8 Å². The van der Waals surface area contributed by atoms with E-state index in [2.05, 4.69) is 4.72 Å². The molecule has 0 saturated heterocycles. The Morgan fingerprint density at radius 2 is 1.91 bits per heavy atom. The number of hydrogen-bond acceptors (Lipinski definition) is 5. The second-order valence-electron chi connectivity index (χ2n) is 4.66. The fourth-order valence-corrected chi connectivity index (χ4v) is 2.98. The highest BCUT2D eigenvalue weighted by Gasteiger charge is 2.19. The third-order valence-corrected chi connectivity index (χ3v) is 4.47. The first-order valence-electron chi connectivity index (χ1n) is 6.36. The maximum absolute atomic E-state index is 13.4. The van der Waals surface area contributed by atoms with Gasteiger partial charge >= 0.3 is 0 Å². The number of nitro benzene ring substituents is 1. The standard InChI is InChI=1S/C14H13FN2O5S/c1-9-3-4-10(17(18)19)7-13(9)16-23(20,21)11-5-6-12(15)14(8-11)22-2/h3-8,16H,1-2H3. The minimum atomic E-state index is -4.05. The molecule has 23 heavy (non-hydrogen) atoms. The van der Waals surface area contributed by atoms with Gasteiger partial charge in [0.05, 0.1) is 22.6 Å². The number of rotatable bonds is 5. The van der Waals surface area contributed by atoms with E-state index in [1.807, 2.05) is 0 Å². The van der Waals surface area contributed by atoms with Crippen molar-refractivity contribution in [2.24, 2.45) is 0 Å². The predicted octanol–water partition coefficient (Wildman–Crippen LogP) is 2.85. The number of nitrogens with zero attached hydrogens (tertiary/aromatic N) is 1. The lowest BCUT2D eigenvalue weighted by atomic mass is 10.2. The molecule has 0 aliphatic rings. The minimum absolute atomic E-state index is 0.0718. The Bertz CT molecular complexity index is 867. The van der Waals surface area contributed by atoms with Gasteiger partial charge in [0.25, 0.3) is 15.7 Å². The molecule has 0 aliphatic heterocycles. The molecule has 0 saturated carbocycles. The van der Waals surface area contributed by atoms with Crippen LogP contribution in [0.5, 0.6) is 5.75 Å². The molecule has 0 radical (unpaired) electrons. The molecule has 2 rings (SSSR count). The molecule has 0 amide bonds. The van der Waals surface area contributed by atoms with E-state index >= 15 is 0 Å². The van der Waals surface area contributed by atoms with E-state index in [1.165, 1.54) is 19.2 Å². The number of ether oxygens (including phenoxy) is 1. The summed E-state index contributed by atoms with van der Waals surface area (Å²) in [7, 11) is -2.83. The lowest BCUT2D eigenvalue weighted by Crippen LogP contribution is -2.14. The quantitative estimate of drug-likeness (QED) is 0.666. The number of anilines is 1. The van der Waals surface area contributed by atoms with Gasteiger partial charge in [-0.2, -0.15) is 0 Å². The summed E-state index contributed by atoms with van der Waals surface area (Å²) in [6.45, 7) is 1.60. The zero-order valence-corrected chi connectivity index (χ0v) is 13.1. The average molecular weight is 340 g/mol. The monoisotopic (exact) mass is 340 g/mol. The van der Waals surface area contributed by atoms with Gasteiger partial charge in [0, 0.05) is 18.2 Å². The molecule has 7 nitrogen and oxygen atoms in total. The zero-order chi connectivity index (χ0) is 17.2. The summed E-state index contributed by atoms with van der Waals surface area (Å²) in [4.78, 5) is 9.94. The minimum Gasteiger partial charge on any atom is -0.494 e. The number of methoxy groups -OCH3 is 1. The van der Waals surface area contributed by atoms with Crippen LogP contribution in [0.3, 0.4) is 0 Å². The van der Waals surface area contributed by atoms with Gasteiger partial charge in [-0.05, 0) is 24.6 Å². The van der Waals surface area contributed by atoms with Crippen LogP contribution in [-0.4, -0.2) is 20.5 Å². The van der Waals surface area contributed by atoms with Gasteiger partial charge in [0.1, 0.15) is 0 Å². The molecule has 122 valence electrons. The Morgan fingerprint density at radius 1 is 1.22 bits per heavy atom. The first kappa shape index (κ1) is 16.7. The first-order valence-corrected chi connectivity index (χ1v) is 7.84. The SMILES string of the molecule is COc1cc(S(=O)(=O)Nc2cc([N+](=O)[O-])ccc2C)ccc1F. The van der Waals surface area contributed by atoms with Gasteiger partial charge in [0.15, 0.2) is 11.6 Å². The van der Waals surface area contributed by atoms with Crippen molar-refractivity contribution in [3.05, 3.63) is 57.9 Å². The largest absolute Gasteiger partial charge is 0.494 e. The summed E-state index contributed by atoms with van der Waals surface area (Å²) in [5, 5.41) is 10.8. The van der Waals surface area contributed by atoms with Crippen LogP contribution in [-0.2, 0) is 10.0 Å². The molecular formula is C14H13FN2O5S. The molecule has 0 aliphatic carbocycles. The van der Waals surface area contributed by atoms with Crippen molar-refractivity contribution in [1.82, 2.24) is 0 Å². The molecule has 2 aromatic carbocycles. The number of aryl methyl sites for hydroxylation is 1. The van der Waals surface area contributed by atoms with E-state index in [1.54, 1.807) is 6.92 Å². The molecule has 0 aromatic heterocycles. The van der Waals surface area contributed by atoms with Crippen LogP contribution in [0.1, 0.15) is 5.56 Å². The van der Waals surface area contributed by atoms with Gasteiger partial charge in [-0.3, -0.25) is 14.8 Å². The molecule has 0 fully saturated rings. The number of halogens is 1. The van der Waals surface area contributed by atoms with Crippen LogP contribution in [0.25, 0.3) is 0 Å². The van der Waals surface area contributed by atoms with Crippen LogP contribution < -0.4 is 9.46 Å². The third-order valence-electron chi connectivity index (χ3n) is 3.11. The maximum atomic E-state index is 13.4. The summed E-state index contributed by atoms with van der Waals surface area (Å²) in [5.74, 6) is -0.915. The molecular weight excluding hydrogens is 327 g/mol. The molecule has 9 heteroatoms. The van der Waals surface area contributed by atoms with Crippen molar-refractivity contribution in [3.8, 4) is 5.75 Å². The third kappa shape index (κ3) is 3.57. The van der Waals surface area contributed by atoms with Gasteiger partial charge < -0.3 is 4.74 Å². The van der Waals surface area contributed by atoms with Crippen molar-refractivity contribution in [2.45, 2.75) is 11.8 Å². The number of non-ortho nitro benzene ring substituents is 1. The van der Waals surface area contributed by atoms with E-state index in [4.69, 9.17) is 4.74 Å². The van der Waals surface area contributed by atoms with Crippen molar-refractivity contribution in [3.63, 3.8) is 0 Å². The van der Waals surface area contributed by atoms with Gasteiger partial charge in [-0.1, -0.05) is 6.07 Å². The van der Waals surface area contributed by atoms with Gasteiger partial charge in [-0.15, -0.1) is 0 Å². The summed E-state index contributed by atoms with van der Waals surface area (Å²) in [6, 6.07) is 6.90.